The molecule has 118 valence electrons. The van der Waals surface area contributed by atoms with Crippen molar-refractivity contribution >= 4 is 38.8 Å². The molecule has 22 heavy (non-hydrogen) atoms. The van der Waals surface area contributed by atoms with E-state index < -0.39 is 5.66 Å². The summed E-state index contributed by atoms with van der Waals surface area (Å²) in [4.78, 5) is 5.72. The van der Waals surface area contributed by atoms with Crippen molar-refractivity contribution in [2.75, 3.05) is 0 Å². The summed E-state index contributed by atoms with van der Waals surface area (Å²) in [7, 11) is 0. The van der Waals surface area contributed by atoms with Crippen molar-refractivity contribution in [2.45, 2.75) is 51.3 Å². The average Bonchev–Trinajstić information content (AvgIpc) is 2.79. The van der Waals surface area contributed by atoms with E-state index in [9.17, 15) is 5.11 Å². The van der Waals surface area contributed by atoms with Gasteiger partial charge in [0.2, 0.25) is 0 Å². The van der Waals surface area contributed by atoms with Crippen molar-refractivity contribution in [1.82, 2.24) is 5.32 Å². The van der Waals surface area contributed by atoms with Gasteiger partial charge in [-0.15, -0.1) is 0 Å². The molecule has 2 aliphatic rings. The van der Waals surface area contributed by atoms with Gasteiger partial charge < -0.3 is 10.4 Å². The summed E-state index contributed by atoms with van der Waals surface area (Å²) in [6.45, 7) is 4.09. The maximum atomic E-state index is 9.84. The fraction of sp³-hybridized carbons (Fsp3) is 0.529. The first-order valence-corrected chi connectivity index (χ1v) is 8.96. The van der Waals surface area contributed by atoms with E-state index in [1.54, 1.807) is 0 Å². The van der Waals surface area contributed by atoms with E-state index in [1.807, 2.05) is 6.92 Å². The molecule has 0 bridgehead atoms. The van der Waals surface area contributed by atoms with Crippen LogP contribution in [-0.2, 0) is 5.66 Å². The van der Waals surface area contributed by atoms with Crippen LogP contribution in [0.25, 0.3) is 0 Å². The first-order chi connectivity index (χ1) is 10.4. The number of hydrogen-bond donors (Lipinski definition) is 2. The Balaban J connectivity index is 2.08. The summed E-state index contributed by atoms with van der Waals surface area (Å²) in [5.74, 6) is 0.347. The monoisotopic (exact) mass is 380 g/mol. The van der Waals surface area contributed by atoms with E-state index in [0.717, 1.165) is 40.9 Å². The lowest BCUT2D eigenvalue weighted by Gasteiger charge is -2.40. The highest BCUT2D eigenvalue weighted by Gasteiger charge is 2.46. The molecule has 1 aromatic rings. The third-order valence-corrected chi connectivity index (χ3v) is 5.77. The van der Waals surface area contributed by atoms with Gasteiger partial charge in [0.15, 0.2) is 5.66 Å². The summed E-state index contributed by atoms with van der Waals surface area (Å²) < 4.78 is 1.05. The maximum Gasteiger partial charge on any atom is 0.159 e. The molecule has 1 aliphatic heterocycles. The number of halogens is 1. The molecule has 5 heteroatoms. The Bertz CT molecular complexity index is 638. The number of rotatable bonds is 2. The highest BCUT2D eigenvalue weighted by atomic mass is 79.9. The second-order valence-corrected chi connectivity index (χ2v) is 7.71. The number of hydrogen-bond acceptors (Lipinski definition) is 3. The average molecular weight is 381 g/mol. The summed E-state index contributed by atoms with van der Waals surface area (Å²) in [5.41, 5.74) is 2.82. The van der Waals surface area contributed by atoms with Gasteiger partial charge in [-0.2, -0.15) is 0 Å². The minimum atomic E-state index is -0.477. The molecule has 3 rings (SSSR count). The van der Waals surface area contributed by atoms with Gasteiger partial charge in [-0.1, -0.05) is 34.2 Å². The standard InChI is InChI=1S/C17H21BrN2OS/c1-10-3-6-13(18)9-15(10)17(19-11(2)16(22)20-17)12-4-7-14(21)8-5-12/h3,6,9,12,14,21H,4-5,7-8H2,1-2H3,(H,20,22). The first-order valence-electron chi connectivity index (χ1n) is 7.76. The SMILES string of the molecule is CC1=NC(c2cc(Br)ccc2C)(C2CCC(O)CC2)NC1=S. The van der Waals surface area contributed by atoms with Crippen LogP contribution in [0.3, 0.4) is 0 Å². The Morgan fingerprint density at radius 1 is 1.27 bits per heavy atom. The van der Waals surface area contributed by atoms with Crippen LogP contribution in [0.15, 0.2) is 27.7 Å². The second kappa shape index (κ2) is 6.02. The smallest absolute Gasteiger partial charge is 0.159 e. The van der Waals surface area contributed by atoms with E-state index in [2.05, 4.69) is 46.4 Å². The molecule has 1 aliphatic carbocycles. The summed E-state index contributed by atoms with van der Waals surface area (Å²) in [6.07, 6.45) is 3.42. The first kappa shape index (κ1) is 16.1. The topological polar surface area (TPSA) is 44.6 Å². The lowest BCUT2D eigenvalue weighted by molar-refractivity contribution is 0.0791. The van der Waals surface area contributed by atoms with Crippen molar-refractivity contribution in [3.63, 3.8) is 0 Å². The number of aryl methyl sites for hydroxylation is 1. The predicted molar refractivity (Wildman–Crippen MR) is 97.4 cm³/mol. The molecule has 1 fully saturated rings. The van der Waals surface area contributed by atoms with Crippen LogP contribution in [-0.4, -0.2) is 21.9 Å². The zero-order chi connectivity index (χ0) is 15.9. The minimum Gasteiger partial charge on any atom is -0.393 e. The molecule has 0 radical (unpaired) electrons. The number of benzene rings is 1. The van der Waals surface area contributed by atoms with E-state index in [-0.39, 0.29) is 6.10 Å². The fourth-order valence-electron chi connectivity index (χ4n) is 3.65. The number of nitrogens with zero attached hydrogens (tertiary/aromatic N) is 1. The fourth-order valence-corrected chi connectivity index (χ4v) is 4.21. The number of aliphatic imine (C=N–C) groups is 1. The summed E-state index contributed by atoms with van der Waals surface area (Å²) in [6, 6.07) is 6.33. The van der Waals surface area contributed by atoms with E-state index in [0.29, 0.717) is 5.92 Å². The van der Waals surface area contributed by atoms with Gasteiger partial charge in [0.05, 0.1) is 11.8 Å². The van der Waals surface area contributed by atoms with Gasteiger partial charge in [-0.05, 0) is 57.2 Å². The number of aliphatic hydroxyl groups is 1. The van der Waals surface area contributed by atoms with Gasteiger partial charge >= 0.3 is 0 Å². The third kappa shape index (κ3) is 2.74. The van der Waals surface area contributed by atoms with Crippen LogP contribution < -0.4 is 5.32 Å². The molecule has 1 atom stereocenters. The van der Waals surface area contributed by atoms with Gasteiger partial charge in [0.25, 0.3) is 0 Å². The number of nitrogens with one attached hydrogen (secondary N) is 1. The molecule has 3 nitrogen and oxygen atoms in total. The van der Waals surface area contributed by atoms with Crippen LogP contribution in [0, 0.1) is 12.8 Å². The van der Waals surface area contributed by atoms with Crippen molar-refractivity contribution in [3.8, 4) is 0 Å². The van der Waals surface area contributed by atoms with Crippen LogP contribution in [0.1, 0.15) is 43.7 Å². The van der Waals surface area contributed by atoms with Crippen LogP contribution in [0.2, 0.25) is 0 Å². The van der Waals surface area contributed by atoms with Gasteiger partial charge in [0.1, 0.15) is 4.99 Å². The molecular weight excluding hydrogens is 360 g/mol. The van der Waals surface area contributed by atoms with Crippen molar-refractivity contribution < 1.29 is 5.11 Å². The Hall–Kier alpha value is -0.780. The quantitative estimate of drug-likeness (QED) is 0.765. The molecule has 0 spiro atoms. The Labute approximate surface area is 145 Å². The zero-order valence-electron chi connectivity index (χ0n) is 12.9. The largest absolute Gasteiger partial charge is 0.393 e. The lowest BCUT2D eigenvalue weighted by Crippen LogP contribution is -2.47. The van der Waals surface area contributed by atoms with Crippen LogP contribution >= 0.6 is 28.1 Å². The van der Waals surface area contributed by atoms with Gasteiger partial charge in [-0.3, -0.25) is 4.99 Å². The van der Waals surface area contributed by atoms with Gasteiger partial charge in [0, 0.05) is 16.0 Å². The Kier molecular flexibility index (Phi) is 4.40. The van der Waals surface area contributed by atoms with Crippen molar-refractivity contribution in [3.05, 3.63) is 33.8 Å². The second-order valence-electron chi connectivity index (χ2n) is 6.38. The summed E-state index contributed by atoms with van der Waals surface area (Å²) >= 11 is 9.04. The molecule has 1 aromatic carbocycles. The lowest BCUT2D eigenvalue weighted by atomic mass is 9.75. The van der Waals surface area contributed by atoms with Gasteiger partial charge in [-0.25, -0.2) is 0 Å². The molecule has 1 saturated carbocycles. The molecule has 1 heterocycles. The Morgan fingerprint density at radius 2 is 1.95 bits per heavy atom. The third-order valence-electron chi connectivity index (χ3n) is 4.87. The van der Waals surface area contributed by atoms with E-state index >= 15 is 0 Å². The van der Waals surface area contributed by atoms with Crippen LogP contribution in [0.5, 0.6) is 0 Å². The predicted octanol–water partition coefficient (Wildman–Crippen LogP) is 3.85. The van der Waals surface area contributed by atoms with E-state index in [4.69, 9.17) is 17.2 Å². The molecule has 0 amide bonds. The number of aliphatic hydroxyl groups excluding tert-OH is 1. The number of thiocarbonyl (C=S) groups is 1. The zero-order valence-corrected chi connectivity index (χ0v) is 15.3. The molecule has 2 N–H and O–H groups in total. The Morgan fingerprint density at radius 3 is 2.55 bits per heavy atom. The molecular formula is C17H21BrN2OS. The normalized spacial score (nSPS) is 31.8. The maximum absolute atomic E-state index is 9.84. The van der Waals surface area contributed by atoms with Crippen molar-refractivity contribution in [2.24, 2.45) is 10.9 Å². The van der Waals surface area contributed by atoms with E-state index in [1.165, 1.54) is 11.1 Å². The van der Waals surface area contributed by atoms with Crippen molar-refractivity contribution in [1.29, 1.82) is 0 Å². The minimum absolute atomic E-state index is 0.171. The highest BCUT2D eigenvalue weighted by molar-refractivity contribution is 9.10. The summed E-state index contributed by atoms with van der Waals surface area (Å²) in [5, 5.41) is 13.3. The molecule has 0 saturated heterocycles. The van der Waals surface area contributed by atoms with Crippen LogP contribution in [0.4, 0.5) is 0 Å². The molecule has 0 aromatic heterocycles. The highest BCUT2D eigenvalue weighted by Crippen LogP contribution is 2.44. The molecule has 1 unspecified atom stereocenters.